The lowest BCUT2D eigenvalue weighted by molar-refractivity contribution is -0.122. The van der Waals surface area contributed by atoms with E-state index in [4.69, 9.17) is 0 Å². The third-order valence-electron chi connectivity index (χ3n) is 5.82. The standard InChI is InChI=1S/C22H29N5O3S/c28-22(24-16-19-6-2-1-3-7-19)18-25-12-14-26(15-13-25)21-9-8-20(17-23-21)31(29,30)27-10-4-5-11-27/h1-3,6-9,17H,4-5,10-16,18H2,(H,24,28). The number of carbonyl (C=O) groups excluding carboxylic acids is 1. The van der Waals surface area contributed by atoms with Gasteiger partial charge in [0, 0.05) is 52.0 Å². The van der Waals surface area contributed by atoms with Crippen molar-refractivity contribution in [2.75, 3.05) is 50.7 Å². The summed E-state index contributed by atoms with van der Waals surface area (Å²) in [6, 6.07) is 13.3. The average molecular weight is 444 g/mol. The lowest BCUT2D eigenvalue weighted by Crippen LogP contribution is -2.49. The molecule has 1 amide bonds. The fourth-order valence-corrected chi connectivity index (χ4v) is 5.44. The molecule has 166 valence electrons. The van der Waals surface area contributed by atoms with Crippen molar-refractivity contribution in [2.45, 2.75) is 24.3 Å². The molecule has 8 nitrogen and oxygen atoms in total. The van der Waals surface area contributed by atoms with Crippen molar-refractivity contribution in [3.63, 3.8) is 0 Å². The minimum atomic E-state index is -3.43. The molecule has 2 aromatic rings. The lowest BCUT2D eigenvalue weighted by atomic mass is 10.2. The second-order valence-electron chi connectivity index (χ2n) is 7.99. The Morgan fingerprint density at radius 2 is 1.65 bits per heavy atom. The molecular weight excluding hydrogens is 414 g/mol. The Bertz CT molecular complexity index is 968. The van der Waals surface area contributed by atoms with E-state index in [1.54, 1.807) is 12.1 Å². The number of nitrogens with zero attached hydrogens (tertiary/aromatic N) is 4. The van der Waals surface area contributed by atoms with E-state index in [0.717, 1.165) is 50.4 Å². The third-order valence-corrected chi connectivity index (χ3v) is 7.70. The van der Waals surface area contributed by atoms with Gasteiger partial charge in [-0.15, -0.1) is 0 Å². The molecule has 31 heavy (non-hydrogen) atoms. The van der Waals surface area contributed by atoms with Crippen LogP contribution in [0.15, 0.2) is 53.6 Å². The van der Waals surface area contributed by atoms with Crippen molar-refractivity contribution >= 4 is 21.7 Å². The number of hydrogen-bond acceptors (Lipinski definition) is 6. The van der Waals surface area contributed by atoms with Gasteiger partial charge in [-0.1, -0.05) is 30.3 Å². The fourth-order valence-electron chi connectivity index (χ4n) is 3.98. The summed E-state index contributed by atoms with van der Waals surface area (Å²) in [5.74, 6) is 0.792. The Morgan fingerprint density at radius 1 is 0.935 bits per heavy atom. The van der Waals surface area contributed by atoms with E-state index in [1.165, 1.54) is 10.5 Å². The molecule has 4 rings (SSSR count). The maximum Gasteiger partial charge on any atom is 0.244 e. The van der Waals surface area contributed by atoms with Crippen molar-refractivity contribution < 1.29 is 13.2 Å². The summed E-state index contributed by atoms with van der Waals surface area (Å²) in [4.78, 5) is 21.2. The predicted octanol–water partition coefficient (Wildman–Crippen LogP) is 1.30. The van der Waals surface area contributed by atoms with Gasteiger partial charge < -0.3 is 10.2 Å². The van der Waals surface area contributed by atoms with Crippen molar-refractivity contribution in [2.24, 2.45) is 0 Å². The number of piperazine rings is 1. The zero-order valence-electron chi connectivity index (χ0n) is 17.6. The molecule has 2 saturated heterocycles. The number of benzene rings is 1. The molecule has 0 radical (unpaired) electrons. The maximum atomic E-state index is 12.6. The smallest absolute Gasteiger partial charge is 0.244 e. The van der Waals surface area contributed by atoms with Gasteiger partial charge in [-0.05, 0) is 30.5 Å². The normalized spacial score (nSPS) is 18.3. The van der Waals surface area contributed by atoms with Gasteiger partial charge in [0.15, 0.2) is 0 Å². The van der Waals surface area contributed by atoms with Gasteiger partial charge >= 0.3 is 0 Å². The first-order valence-corrected chi connectivity index (χ1v) is 12.2. The molecule has 2 aliphatic heterocycles. The molecule has 1 aromatic carbocycles. The Labute approximate surface area is 183 Å². The molecule has 0 bridgehead atoms. The SMILES string of the molecule is O=C(CN1CCN(c2ccc(S(=O)(=O)N3CCCC3)cn2)CC1)NCc1ccccc1. The number of hydrogen-bond donors (Lipinski definition) is 1. The minimum absolute atomic E-state index is 0.0203. The van der Waals surface area contributed by atoms with Crippen LogP contribution in [0.5, 0.6) is 0 Å². The summed E-state index contributed by atoms with van der Waals surface area (Å²) in [5.41, 5.74) is 1.09. The van der Waals surface area contributed by atoms with Crippen LogP contribution < -0.4 is 10.2 Å². The van der Waals surface area contributed by atoms with Gasteiger partial charge in [-0.25, -0.2) is 13.4 Å². The number of pyridine rings is 1. The second-order valence-corrected chi connectivity index (χ2v) is 9.93. The molecule has 0 saturated carbocycles. The van der Waals surface area contributed by atoms with Crippen LogP contribution in [-0.4, -0.2) is 74.3 Å². The van der Waals surface area contributed by atoms with E-state index in [2.05, 4.69) is 20.1 Å². The lowest BCUT2D eigenvalue weighted by Gasteiger charge is -2.35. The molecule has 2 fully saturated rings. The highest BCUT2D eigenvalue weighted by atomic mass is 32.2. The summed E-state index contributed by atoms with van der Waals surface area (Å²) in [7, 11) is -3.43. The van der Waals surface area contributed by atoms with Gasteiger partial charge in [-0.3, -0.25) is 9.69 Å². The molecule has 9 heteroatoms. The van der Waals surface area contributed by atoms with Crippen LogP contribution in [0.2, 0.25) is 0 Å². The maximum absolute atomic E-state index is 12.6. The second kappa shape index (κ2) is 9.76. The zero-order valence-corrected chi connectivity index (χ0v) is 18.4. The fraction of sp³-hybridized carbons (Fsp3) is 0.455. The van der Waals surface area contributed by atoms with Crippen molar-refractivity contribution in [1.29, 1.82) is 0 Å². The summed E-state index contributed by atoms with van der Waals surface area (Å²) >= 11 is 0. The predicted molar refractivity (Wildman–Crippen MR) is 119 cm³/mol. The highest BCUT2D eigenvalue weighted by Crippen LogP contribution is 2.22. The highest BCUT2D eigenvalue weighted by molar-refractivity contribution is 7.89. The molecule has 0 unspecified atom stereocenters. The molecule has 1 aromatic heterocycles. The van der Waals surface area contributed by atoms with Crippen molar-refractivity contribution in [1.82, 2.24) is 19.5 Å². The minimum Gasteiger partial charge on any atom is -0.354 e. The van der Waals surface area contributed by atoms with Crippen LogP contribution in [0.4, 0.5) is 5.82 Å². The number of anilines is 1. The largest absolute Gasteiger partial charge is 0.354 e. The first-order valence-electron chi connectivity index (χ1n) is 10.8. The quantitative estimate of drug-likeness (QED) is 0.694. The van der Waals surface area contributed by atoms with Crippen LogP contribution in [0.3, 0.4) is 0 Å². The van der Waals surface area contributed by atoms with Crippen molar-refractivity contribution in [3.8, 4) is 0 Å². The van der Waals surface area contributed by atoms with Gasteiger partial charge in [0.2, 0.25) is 15.9 Å². The van der Waals surface area contributed by atoms with Gasteiger partial charge in [0.1, 0.15) is 10.7 Å². The number of sulfonamides is 1. The van der Waals surface area contributed by atoms with E-state index in [9.17, 15) is 13.2 Å². The molecule has 3 heterocycles. The van der Waals surface area contributed by atoms with E-state index in [-0.39, 0.29) is 10.8 Å². The Morgan fingerprint density at radius 3 is 2.29 bits per heavy atom. The Kier molecular flexibility index (Phi) is 6.84. The van der Waals surface area contributed by atoms with E-state index >= 15 is 0 Å². The summed E-state index contributed by atoms with van der Waals surface area (Å²) in [5, 5.41) is 2.97. The number of nitrogens with one attached hydrogen (secondary N) is 1. The monoisotopic (exact) mass is 443 g/mol. The molecule has 0 atom stereocenters. The first-order chi connectivity index (χ1) is 15.0. The molecular formula is C22H29N5O3S. The highest BCUT2D eigenvalue weighted by Gasteiger charge is 2.28. The number of aromatic nitrogens is 1. The third kappa shape index (κ3) is 5.41. The van der Waals surface area contributed by atoms with E-state index < -0.39 is 10.0 Å². The van der Waals surface area contributed by atoms with Crippen LogP contribution in [0.1, 0.15) is 18.4 Å². The van der Waals surface area contributed by atoms with Crippen LogP contribution >= 0.6 is 0 Å². The zero-order chi connectivity index (χ0) is 21.7. The Hall–Kier alpha value is -2.49. The first kappa shape index (κ1) is 21.7. The van der Waals surface area contributed by atoms with E-state index in [1.807, 2.05) is 30.3 Å². The van der Waals surface area contributed by atoms with Crippen LogP contribution in [-0.2, 0) is 21.4 Å². The van der Waals surface area contributed by atoms with Crippen molar-refractivity contribution in [3.05, 3.63) is 54.2 Å². The van der Waals surface area contributed by atoms with Crippen LogP contribution in [0, 0.1) is 0 Å². The molecule has 0 spiro atoms. The van der Waals surface area contributed by atoms with E-state index in [0.29, 0.717) is 26.2 Å². The number of rotatable bonds is 7. The van der Waals surface area contributed by atoms with Crippen LogP contribution in [0.25, 0.3) is 0 Å². The van der Waals surface area contributed by atoms with Gasteiger partial charge in [-0.2, -0.15) is 4.31 Å². The summed E-state index contributed by atoms with van der Waals surface area (Å²) in [6.07, 6.45) is 3.30. The topological polar surface area (TPSA) is 85.9 Å². The molecule has 2 aliphatic rings. The Balaban J connectivity index is 1.25. The molecule has 1 N–H and O–H groups in total. The van der Waals surface area contributed by atoms with Gasteiger partial charge in [0.25, 0.3) is 0 Å². The van der Waals surface area contributed by atoms with Gasteiger partial charge in [0.05, 0.1) is 6.54 Å². The summed E-state index contributed by atoms with van der Waals surface area (Å²) in [6.45, 7) is 5.10. The molecule has 0 aliphatic carbocycles. The summed E-state index contributed by atoms with van der Waals surface area (Å²) < 4.78 is 26.8. The number of carbonyl (C=O) groups is 1. The number of amides is 1. The average Bonchev–Trinajstić information content (AvgIpc) is 3.35.